The summed E-state index contributed by atoms with van der Waals surface area (Å²) in [5, 5.41) is 9.76. The Bertz CT molecular complexity index is 776. The first kappa shape index (κ1) is 16.8. The second kappa shape index (κ2) is 6.83. The molecule has 2 nitrogen and oxygen atoms in total. The second-order valence-corrected chi connectivity index (χ2v) is 7.31. The van der Waals surface area contributed by atoms with Gasteiger partial charge in [0.05, 0.1) is 12.0 Å². The standard InChI is InChI=1S/C21H20BrNO/c1-21(2)19(11-12-22)20(21)18(14-23)15-7-6-10-17(13-15)24-16-8-4-3-5-9-16/h3-13,18-20H,1-2H3/t18?,19-,20+/m1/s1. The number of allylic oxidation sites excluding steroid dienone is 1. The van der Waals surface area contributed by atoms with Crippen LogP contribution in [-0.2, 0) is 0 Å². The maximum absolute atomic E-state index is 9.76. The number of halogens is 1. The fraction of sp³-hybridized carbons (Fsp3) is 0.286. The van der Waals surface area contributed by atoms with Crippen LogP contribution in [0.15, 0.2) is 65.7 Å². The zero-order valence-electron chi connectivity index (χ0n) is 13.8. The average molecular weight is 382 g/mol. The Morgan fingerprint density at radius 3 is 2.50 bits per heavy atom. The molecule has 0 amide bonds. The van der Waals surface area contributed by atoms with E-state index in [1.807, 2.05) is 59.6 Å². The van der Waals surface area contributed by atoms with E-state index in [1.54, 1.807) is 0 Å². The van der Waals surface area contributed by atoms with Crippen molar-refractivity contribution in [3.63, 3.8) is 0 Å². The van der Waals surface area contributed by atoms with E-state index in [4.69, 9.17) is 4.74 Å². The van der Waals surface area contributed by atoms with Crippen molar-refractivity contribution in [1.82, 2.24) is 0 Å². The van der Waals surface area contributed by atoms with Crippen molar-refractivity contribution in [1.29, 1.82) is 5.26 Å². The molecule has 0 aliphatic heterocycles. The first-order valence-corrected chi connectivity index (χ1v) is 8.99. The summed E-state index contributed by atoms with van der Waals surface area (Å²) in [4.78, 5) is 1.91. The maximum Gasteiger partial charge on any atom is 0.127 e. The summed E-state index contributed by atoms with van der Waals surface area (Å²) in [5.41, 5.74) is 1.16. The van der Waals surface area contributed by atoms with Crippen molar-refractivity contribution in [2.24, 2.45) is 17.3 Å². The molecule has 1 unspecified atom stereocenters. The zero-order chi connectivity index (χ0) is 17.2. The van der Waals surface area contributed by atoms with Crippen molar-refractivity contribution < 1.29 is 4.74 Å². The summed E-state index contributed by atoms with van der Waals surface area (Å²) in [6, 6.07) is 20.1. The van der Waals surface area contributed by atoms with Gasteiger partial charge in [-0.1, -0.05) is 66.2 Å². The van der Waals surface area contributed by atoms with Gasteiger partial charge in [-0.3, -0.25) is 0 Å². The second-order valence-electron chi connectivity index (χ2n) is 6.79. The smallest absolute Gasteiger partial charge is 0.127 e. The summed E-state index contributed by atoms with van der Waals surface area (Å²) in [7, 11) is 0. The van der Waals surface area contributed by atoms with Gasteiger partial charge in [0.15, 0.2) is 0 Å². The molecule has 1 fully saturated rings. The molecule has 0 heterocycles. The molecule has 3 rings (SSSR count). The zero-order valence-corrected chi connectivity index (χ0v) is 15.4. The quantitative estimate of drug-likeness (QED) is 0.611. The van der Waals surface area contributed by atoms with E-state index in [-0.39, 0.29) is 11.3 Å². The van der Waals surface area contributed by atoms with Crippen LogP contribution in [0.4, 0.5) is 0 Å². The molecule has 3 atom stereocenters. The average Bonchev–Trinajstić information content (AvgIpc) is 3.11. The van der Waals surface area contributed by atoms with Gasteiger partial charge in [0.2, 0.25) is 0 Å². The third-order valence-corrected chi connectivity index (χ3v) is 5.28. The molecule has 1 aliphatic carbocycles. The summed E-state index contributed by atoms with van der Waals surface area (Å²) in [5.74, 6) is 2.18. The lowest BCUT2D eigenvalue weighted by Gasteiger charge is -2.13. The van der Waals surface area contributed by atoms with Gasteiger partial charge < -0.3 is 4.74 Å². The monoisotopic (exact) mass is 381 g/mol. The molecule has 0 aromatic heterocycles. The summed E-state index contributed by atoms with van der Waals surface area (Å²) < 4.78 is 5.91. The maximum atomic E-state index is 9.76. The van der Waals surface area contributed by atoms with Crippen LogP contribution in [0.5, 0.6) is 11.5 Å². The highest BCUT2D eigenvalue weighted by Gasteiger charge is 2.59. The number of ether oxygens (including phenoxy) is 1. The highest BCUT2D eigenvalue weighted by Crippen LogP contribution is 2.64. The van der Waals surface area contributed by atoms with Crippen LogP contribution in [0.3, 0.4) is 0 Å². The Morgan fingerprint density at radius 2 is 1.83 bits per heavy atom. The highest BCUT2D eigenvalue weighted by molar-refractivity contribution is 9.11. The minimum Gasteiger partial charge on any atom is -0.457 e. The number of hydrogen-bond acceptors (Lipinski definition) is 2. The first-order valence-electron chi connectivity index (χ1n) is 8.07. The molecule has 2 aromatic rings. The normalized spacial score (nSPS) is 22.8. The Hall–Kier alpha value is -2.05. The number of nitriles is 1. The number of hydrogen-bond donors (Lipinski definition) is 0. The number of para-hydroxylation sites is 1. The van der Waals surface area contributed by atoms with Gasteiger partial charge in [-0.05, 0) is 52.1 Å². The van der Waals surface area contributed by atoms with Crippen molar-refractivity contribution in [3.05, 3.63) is 71.2 Å². The summed E-state index contributed by atoms with van der Waals surface area (Å²) in [6.07, 6.45) is 2.15. The predicted octanol–water partition coefficient (Wildman–Crippen LogP) is 6.27. The van der Waals surface area contributed by atoms with E-state index in [1.165, 1.54) is 0 Å². The minimum absolute atomic E-state index is 0.131. The van der Waals surface area contributed by atoms with E-state index in [0.29, 0.717) is 11.8 Å². The first-order chi connectivity index (χ1) is 11.6. The number of nitrogens with zero attached hydrogens (tertiary/aromatic N) is 1. The fourth-order valence-electron chi connectivity index (χ4n) is 3.56. The summed E-state index contributed by atoms with van der Waals surface area (Å²) >= 11 is 3.36. The molecule has 3 heteroatoms. The Balaban J connectivity index is 1.84. The molecular formula is C21H20BrNO. The predicted molar refractivity (Wildman–Crippen MR) is 100 cm³/mol. The van der Waals surface area contributed by atoms with Crippen LogP contribution < -0.4 is 4.74 Å². The molecule has 1 saturated carbocycles. The molecule has 0 spiro atoms. The van der Waals surface area contributed by atoms with Crippen molar-refractivity contribution in [2.75, 3.05) is 0 Å². The Labute approximate surface area is 151 Å². The van der Waals surface area contributed by atoms with Gasteiger partial charge in [0.1, 0.15) is 11.5 Å². The van der Waals surface area contributed by atoms with E-state index < -0.39 is 0 Å². The topological polar surface area (TPSA) is 33.0 Å². The minimum atomic E-state index is -0.131. The van der Waals surface area contributed by atoms with Gasteiger partial charge in [-0.15, -0.1) is 0 Å². The van der Waals surface area contributed by atoms with E-state index in [9.17, 15) is 5.26 Å². The van der Waals surface area contributed by atoms with E-state index >= 15 is 0 Å². The van der Waals surface area contributed by atoms with Gasteiger partial charge in [-0.25, -0.2) is 0 Å². The van der Waals surface area contributed by atoms with Crippen molar-refractivity contribution in [3.8, 4) is 17.6 Å². The van der Waals surface area contributed by atoms with Crippen LogP contribution in [0, 0.1) is 28.6 Å². The molecule has 0 radical (unpaired) electrons. The molecule has 24 heavy (non-hydrogen) atoms. The van der Waals surface area contributed by atoms with Crippen LogP contribution in [0.1, 0.15) is 25.3 Å². The van der Waals surface area contributed by atoms with Crippen LogP contribution >= 0.6 is 15.9 Å². The Kier molecular flexibility index (Phi) is 4.78. The molecule has 122 valence electrons. The van der Waals surface area contributed by atoms with Gasteiger partial charge >= 0.3 is 0 Å². The third kappa shape index (κ3) is 3.25. The largest absolute Gasteiger partial charge is 0.457 e. The lowest BCUT2D eigenvalue weighted by atomic mass is 9.91. The van der Waals surface area contributed by atoms with Crippen molar-refractivity contribution >= 4 is 15.9 Å². The van der Waals surface area contributed by atoms with Crippen molar-refractivity contribution in [2.45, 2.75) is 19.8 Å². The number of rotatable bonds is 5. The van der Waals surface area contributed by atoms with Crippen LogP contribution in [-0.4, -0.2) is 0 Å². The van der Waals surface area contributed by atoms with Crippen LogP contribution in [0.2, 0.25) is 0 Å². The van der Waals surface area contributed by atoms with Gasteiger partial charge in [0, 0.05) is 0 Å². The lowest BCUT2D eigenvalue weighted by Crippen LogP contribution is -2.03. The number of benzene rings is 2. The molecule has 2 aromatic carbocycles. The SMILES string of the molecule is CC1(C)[C@H](C=CBr)[C@@H]1C(C#N)c1cccc(Oc2ccccc2)c1. The molecule has 0 bridgehead atoms. The van der Waals surface area contributed by atoms with E-state index in [2.05, 4.69) is 41.9 Å². The molecule has 0 N–H and O–H groups in total. The Morgan fingerprint density at radius 1 is 1.12 bits per heavy atom. The fourth-order valence-corrected chi connectivity index (χ4v) is 3.89. The van der Waals surface area contributed by atoms with Gasteiger partial charge in [0.25, 0.3) is 0 Å². The van der Waals surface area contributed by atoms with Gasteiger partial charge in [-0.2, -0.15) is 5.26 Å². The molecular weight excluding hydrogens is 362 g/mol. The lowest BCUT2D eigenvalue weighted by molar-refractivity contribution is 0.479. The van der Waals surface area contributed by atoms with E-state index in [0.717, 1.165) is 17.1 Å². The molecule has 0 saturated heterocycles. The third-order valence-electron chi connectivity index (χ3n) is 4.97. The summed E-state index contributed by atoms with van der Waals surface area (Å²) in [6.45, 7) is 4.45. The molecule has 1 aliphatic rings. The van der Waals surface area contributed by atoms with Crippen LogP contribution in [0.25, 0.3) is 0 Å². The highest BCUT2D eigenvalue weighted by atomic mass is 79.9.